The molecule has 1 aliphatic rings. The SMILES string of the molecule is O=C(O)CCc1cc(Cl)c(OCc2cccc(NCC3CC3)c2Cl)c(Cl)c1. The summed E-state index contributed by atoms with van der Waals surface area (Å²) >= 11 is 19.0. The Morgan fingerprint density at radius 1 is 1.19 bits per heavy atom. The van der Waals surface area contributed by atoms with Gasteiger partial charge in [0.2, 0.25) is 0 Å². The van der Waals surface area contributed by atoms with Gasteiger partial charge in [-0.05, 0) is 48.9 Å². The topological polar surface area (TPSA) is 58.6 Å². The second-order valence-electron chi connectivity index (χ2n) is 6.67. The van der Waals surface area contributed by atoms with Gasteiger partial charge in [-0.2, -0.15) is 0 Å². The molecule has 0 unspecified atom stereocenters. The number of aliphatic carboxylic acids is 1. The molecule has 0 spiro atoms. The lowest BCUT2D eigenvalue weighted by atomic mass is 10.1. The Kier molecular flexibility index (Phi) is 6.74. The Morgan fingerprint density at radius 3 is 2.52 bits per heavy atom. The lowest BCUT2D eigenvalue weighted by Crippen LogP contribution is -2.05. The number of halogens is 3. The molecule has 1 saturated carbocycles. The molecule has 1 aliphatic carbocycles. The van der Waals surface area contributed by atoms with Gasteiger partial charge in [0.05, 0.1) is 20.8 Å². The number of nitrogens with one attached hydrogen (secondary N) is 1. The van der Waals surface area contributed by atoms with Crippen LogP contribution in [0.5, 0.6) is 5.75 Å². The fraction of sp³-hybridized carbons (Fsp3) is 0.350. The number of benzene rings is 2. The van der Waals surface area contributed by atoms with Crippen molar-refractivity contribution < 1.29 is 14.6 Å². The normalized spacial score (nSPS) is 13.4. The van der Waals surface area contributed by atoms with Gasteiger partial charge in [0.15, 0.2) is 5.75 Å². The third-order valence-corrected chi connectivity index (χ3v) is 5.42. The van der Waals surface area contributed by atoms with E-state index in [1.807, 2.05) is 18.2 Å². The largest absolute Gasteiger partial charge is 0.486 e. The molecular formula is C20H20Cl3NO3. The van der Waals surface area contributed by atoms with E-state index in [1.54, 1.807) is 12.1 Å². The van der Waals surface area contributed by atoms with Crippen LogP contribution < -0.4 is 10.1 Å². The number of hydrogen-bond donors (Lipinski definition) is 2. The Balaban J connectivity index is 1.67. The summed E-state index contributed by atoms with van der Waals surface area (Å²) in [5.74, 6) is 0.246. The van der Waals surface area contributed by atoms with Crippen molar-refractivity contribution in [3.8, 4) is 5.75 Å². The fourth-order valence-electron chi connectivity index (χ4n) is 2.70. The zero-order chi connectivity index (χ0) is 19.4. The number of carbonyl (C=O) groups is 1. The number of carboxylic acid groups (broad SMARTS) is 1. The molecule has 2 N–H and O–H groups in total. The average molecular weight is 429 g/mol. The lowest BCUT2D eigenvalue weighted by molar-refractivity contribution is -0.136. The van der Waals surface area contributed by atoms with Crippen LogP contribution in [-0.2, 0) is 17.8 Å². The second kappa shape index (κ2) is 9.05. The van der Waals surface area contributed by atoms with Crippen LogP contribution in [0.1, 0.15) is 30.4 Å². The molecule has 3 rings (SSSR count). The minimum Gasteiger partial charge on any atom is -0.486 e. The van der Waals surface area contributed by atoms with E-state index in [9.17, 15) is 4.79 Å². The molecule has 0 heterocycles. The summed E-state index contributed by atoms with van der Waals surface area (Å²) in [5, 5.41) is 13.5. The first-order chi connectivity index (χ1) is 12.9. The van der Waals surface area contributed by atoms with Gasteiger partial charge in [0, 0.05) is 18.5 Å². The summed E-state index contributed by atoms with van der Waals surface area (Å²) < 4.78 is 5.82. The highest BCUT2D eigenvalue weighted by Crippen LogP contribution is 2.36. The fourth-order valence-corrected chi connectivity index (χ4v) is 3.59. The van der Waals surface area contributed by atoms with Crippen LogP contribution in [0.25, 0.3) is 0 Å². The molecule has 7 heteroatoms. The molecule has 2 aromatic rings. The molecule has 144 valence electrons. The highest BCUT2D eigenvalue weighted by Gasteiger charge is 2.21. The van der Waals surface area contributed by atoms with Gasteiger partial charge >= 0.3 is 5.97 Å². The zero-order valence-corrected chi connectivity index (χ0v) is 16.9. The minimum absolute atomic E-state index is 0.0170. The summed E-state index contributed by atoms with van der Waals surface area (Å²) in [6.07, 6.45) is 2.92. The molecule has 27 heavy (non-hydrogen) atoms. The Hall–Kier alpha value is -1.62. The van der Waals surface area contributed by atoms with E-state index in [0.717, 1.165) is 29.3 Å². The Morgan fingerprint density at radius 2 is 1.89 bits per heavy atom. The maximum atomic E-state index is 10.7. The Bertz CT molecular complexity index is 814. The highest BCUT2D eigenvalue weighted by molar-refractivity contribution is 6.37. The van der Waals surface area contributed by atoms with Gasteiger partial charge < -0.3 is 15.2 Å². The first-order valence-electron chi connectivity index (χ1n) is 8.78. The van der Waals surface area contributed by atoms with Crippen molar-refractivity contribution in [3.63, 3.8) is 0 Å². The third kappa shape index (κ3) is 5.68. The summed E-state index contributed by atoms with van der Waals surface area (Å²) in [7, 11) is 0. The first kappa shape index (κ1) is 20.1. The Labute approximate surface area is 173 Å². The molecule has 0 saturated heterocycles. The molecule has 4 nitrogen and oxygen atoms in total. The summed E-state index contributed by atoms with van der Waals surface area (Å²) in [4.78, 5) is 10.7. The molecule has 0 aliphatic heterocycles. The van der Waals surface area contributed by atoms with E-state index >= 15 is 0 Å². The van der Waals surface area contributed by atoms with E-state index in [0.29, 0.717) is 27.2 Å². The molecule has 2 aromatic carbocycles. The second-order valence-corrected chi connectivity index (χ2v) is 7.87. The lowest BCUT2D eigenvalue weighted by Gasteiger charge is -2.14. The van der Waals surface area contributed by atoms with Crippen LogP contribution in [0.3, 0.4) is 0 Å². The number of aryl methyl sites for hydroxylation is 1. The molecule has 0 atom stereocenters. The van der Waals surface area contributed by atoms with Gasteiger partial charge in [0.25, 0.3) is 0 Å². The first-order valence-corrected chi connectivity index (χ1v) is 9.91. The monoisotopic (exact) mass is 427 g/mol. The van der Waals surface area contributed by atoms with Crippen LogP contribution in [0.2, 0.25) is 15.1 Å². The van der Waals surface area contributed by atoms with Crippen molar-refractivity contribution in [3.05, 3.63) is 56.5 Å². The standard InChI is InChI=1S/C20H20Cl3NO3/c21-15-8-13(6-7-18(25)26)9-16(22)20(15)27-11-14-2-1-3-17(19(14)23)24-10-12-4-5-12/h1-3,8-9,12,24H,4-7,10-11H2,(H,25,26). The van der Waals surface area contributed by atoms with Crippen molar-refractivity contribution in [1.82, 2.24) is 0 Å². The minimum atomic E-state index is -0.868. The molecular weight excluding hydrogens is 409 g/mol. The molecule has 0 aromatic heterocycles. The van der Waals surface area contributed by atoms with Crippen LogP contribution in [-0.4, -0.2) is 17.6 Å². The molecule has 0 radical (unpaired) electrons. The predicted molar refractivity (Wildman–Crippen MR) is 109 cm³/mol. The number of ether oxygens (including phenoxy) is 1. The predicted octanol–water partition coefficient (Wildman–Crippen LogP) is 6.06. The van der Waals surface area contributed by atoms with Crippen LogP contribution in [0.4, 0.5) is 5.69 Å². The van der Waals surface area contributed by atoms with Gasteiger partial charge in [-0.25, -0.2) is 0 Å². The van der Waals surface area contributed by atoms with Gasteiger partial charge in [-0.1, -0.05) is 46.9 Å². The number of hydrogen-bond acceptors (Lipinski definition) is 3. The molecule has 1 fully saturated rings. The zero-order valence-electron chi connectivity index (χ0n) is 14.6. The van der Waals surface area contributed by atoms with Crippen molar-refractivity contribution in [2.75, 3.05) is 11.9 Å². The maximum absolute atomic E-state index is 10.7. The van der Waals surface area contributed by atoms with Gasteiger partial charge in [-0.3, -0.25) is 4.79 Å². The molecule has 0 amide bonds. The van der Waals surface area contributed by atoms with E-state index < -0.39 is 5.97 Å². The van der Waals surface area contributed by atoms with Crippen molar-refractivity contribution in [2.45, 2.75) is 32.3 Å². The number of anilines is 1. The summed E-state index contributed by atoms with van der Waals surface area (Å²) in [5.41, 5.74) is 2.48. The van der Waals surface area contributed by atoms with Crippen LogP contribution in [0.15, 0.2) is 30.3 Å². The summed E-state index contributed by atoms with van der Waals surface area (Å²) in [6, 6.07) is 9.14. The number of rotatable bonds is 9. The van der Waals surface area contributed by atoms with Crippen LogP contribution >= 0.6 is 34.8 Å². The van der Waals surface area contributed by atoms with Gasteiger partial charge in [-0.15, -0.1) is 0 Å². The average Bonchev–Trinajstić information content (AvgIpc) is 3.44. The van der Waals surface area contributed by atoms with E-state index in [2.05, 4.69) is 5.32 Å². The van der Waals surface area contributed by atoms with E-state index in [4.69, 9.17) is 44.6 Å². The van der Waals surface area contributed by atoms with E-state index in [-0.39, 0.29) is 13.0 Å². The van der Waals surface area contributed by atoms with Gasteiger partial charge in [0.1, 0.15) is 6.61 Å². The van der Waals surface area contributed by atoms with E-state index in [1.165, 1.54) is 12.8 Å². The summed E-state index contributed by atoms with van der Waals surface area (Å²) in [6.45, 7) is 1.16. The quantitative estimate of drug-likeness (QED) is 0.509. The van der Waals surface area contributed by atoms with Crippen LogP contribution in [0, 0.1) is 5.92 Å². The van der Waals surface area contributed by atoms with Crippen molar-refractivity contribution >= 4 is 46.5 Å². The third-order valence-electron chi connectivity index (χ3n) is 4.41. The highest BCUT2D eigenvalue weighted by atomic mass is 35.5. The molecule has 0 bridgehead atoms. The number of carboxylic acids is 1. The van der Waals surface area contributed by atoms with Crippen molar-refractivity contribution in [2.24, 2.45) is 5.92 Å². The smallest absolute Gasteiger partial charge is 0.303 e. The maximum Gasteiger partial charge on any atom is 0.303 e. The van der Waals surface area contributed by atoms with Crippen molar-refractivity contribution in [1.29, 1.82) is 0 Å².